The highest BCUT2D eigenvalue weighted by molar-refractivity contribution is 6.16. The van der Waals surface area contributed by atoms with Gasteiger partial charge in [-0.05, 0) is 43.7 Å². The van der Waals surface area contributed by atoms with Gasteiger partial charge in [-0.25, -0.2) is 0 Å². The minimum Gasteiger partial charge on any atom is -0.508 e. The maximum atomic E-state index is 12.8. The number of carbonyl (C=O) groups is 2. The van der Waals surface area contributed by atoms with Gasteiger partial charge in [-0.15, -0.1) is 0 Å². The number of aryl methyl sites for hydroxylation is 1. The van der Waals surface area contributed by atoms with E-state index in [2.05, 4.69) is 0 Å². The number of phenolic OH excluding ortho intramolecular Hbond substituents is 1. The average Bonchev–Trinajstić information content (AvgIpc) is 2.94. The lowest BCUT2D eigenvalue weighted by molar-refractivity contribution is -0.117. The molecule has 0 unspecified atom stereocenters. The summed E-state index contributed by atoms with van der Waals surface area (Å²) in [6, 6.07) is 14.0. The van der Waals surface area contributed by atoms with Crippen LogP contribution in [0.4, 0.5) is 0 Å². The molecule has 1 heterocycles. The van der Waals surface area contributed by atoms with Crippen LogP contribution in [0.5, 0.6) is 5.75 Å². The topological polar surface area (TPSA) is 59.3 Å². The summed E-state index contributed by atoms with van der Waals surface area (Å²) in [5.74, 6) is 0.238. The first-order valence-electron chi connectivity index (χ1n) is 7.97. The lowest BCUT2D eigenvalue weighted by atomic mass is 10.0. The molecule has 3 aromatic rings. The largest absolute Gasteiger partial charge is 0.508 e. The van der Waals surface area contributed by atoms with E-state index in [-0.39, 0.29) is 17.3 Å². The van der Waals surface area contributed by atoms with Crippen LogP contribution in [0, 0.1) is 0 Å². The minimum atomic E-state index is -0.0727. The van der Waals surface area contributed by atoms with Crippen molar-refractivity contribution in [2.75, 3.05) is 0 Å². The Morgan fingerprint density at radius 2 is 1.75 bits per heavy atom. The summed E-state index contributed by atoms with van der Waals surface area (Å²) in [6.07, 6.45) is 3.15. The van der Waals surface area contributed by atoms with Crippen molar-refractivity contribution >= 4 is 22.5 Å². The first-order chi connectivity index (χ1) is 11.6. The van der Waals surface area contributed by atoms with Crippen LogP contribution in [0.3, 0.4) is 0 Å². The number of phenols is 1. The first-order valence-corrected chi connectivity index (χ1v) is 7.97. The number of carbonyl (C=O) groups excluding carboxylic acids is 2. The van der Waals surface area contributed by atoms with E-state index in [1.807, 2.05) is 35.0 Å². The third kappa shape index (κ3) is 3.23. The average molecular weight is 321 g/mol. The van der Waals surface area contributed by atoms with Crippen LogP contribution in [0.15, 0.2) is 54.7 Å². The number of hydrogen-bond acceptors (Lipinski definition) is 3. The smallest absolute Gasteiger partial charge is 0.195 e. The van der Waals surface area contributed by atoms with Crippen molar-refractivity contribution in [1.29, 1.82) is 0 Å². The van der Waals surface area contributed by atoms with E-state index in [9.17, 15) is 14.7 Å². The molecule has 122 valence electrons. The molecule has 0 saturated heterocycles. The molecular formula is C20H19NO3. The fraction of sp³-hybridized carbons (Fsp3) is 0.200. The van der Waals surface area contributed by atoms with Gasteiger partial charge in [0, 0.05) is 41.2 Å². The second kappa shape index (κ2) is 6.71. The first kappa shape index (κ1) is 16.0. The van der Waals surface area contributed by atoms with Crippen LogP contribution in [0.2, 0.25) is 0 Å². The van der Waals surface area contributed by atoms with Crippen molar-refractivity contribution in [3.8, 4) is 5.75 Å². The molecule has 0 spiro atoms. The van der Waals surface area contributed by atoms with Gasteiger partial charge in [-0.1, -0.05) is 18.2 Å². The number of ketones is 2. The number of aromatic nitrogens is 1. The fourth-order valence-corrected chi connectivity index (χ4v) is 2.88. The number of aromatic hydroxyl groups is 1. The number of Topliss-reactive ketones (excluding diaryl/α,β-unsaturated/α-hetero) is 1. The summed E-state index contributed by atoms with van der Waals surface area (Å²) < 4.78 is 2.03. The summed E-state index contributed by atoms with van der Waals surface area (Å²) >= 11 is 0. The second-order valence-electron chi connectivity index (χ2n) is 5.93. The van der Waals surface area contributed by atoms with Crippen molar-refractivity contribution in [2.24, 2.45) is 0 Å². The minimum absolute atomic E-state index is 0.0727. The highest BCUT2D eigenvalue weighted by Gasteiger charge is 2.16. The molecule has 0 amide bonds. The van der Waals surface area contributed by atoms with Gasteiger partial charge in [-0.3, -0.25) is 4.79 Å². The van der Waals surface area contributed by atoms with Crippen molar-refractivity contribution in [3.05, 3.63) is 65.9 Å². The quantitative estimate of drug-likeness (QED) is 0.699. The van der Waals surface area contributed by atoms with Crippen molar-refractivity contribution in [1.82, 2.24) is 4.57 Å². The van der Waals surface area contributed by atoms with Gasteiger partial charge in [0.05, 0.1) is 0 Å². The Kier molecular flexibility index (Phi) is 4.47. The standard InChI is InChI=1S/C20H19NO3/c1-14(22)5-4-12-21-13-18(17-6-2-3-7-19(17)21)20(24)15-8-10-16(23)11-9-15/h2-3,6-11,13,23H,4-5,12H2,1H3. The molecule has 0 atom stereocenters. The van der Waals surface area contributed by atoms with Crippen molar-refractivity contribution in [2.45, 2.75) is 26.3 Å². The van der Waals surface area contributed by atoms with E-state index in [4.69, 9.17) is 0 Å². The molecule has 1 N–H and O–H groups in total. The molecule has 0 fully saturated rings. The lowest BCUT2D eigenvalue weighted by Gasteiger charge is -2.03. The van der Waals surface area contributed by atoms with Crippen molar-refractivity contribution < 1.29 is 14.7 Å². The summed E-state index contributed by atoms with van der Waals surface area (Å²) in [5, 5.41) is 10.3. The number of para-hydroxylation sites is 1. The Labute approximate surface area is 140 Å². The van der Waals surface area contributed by atoms with E-state index in [1.54, 1.807) is 19.1 Å². The van der Waals surface area contributed by atoms with Gasteiger partial charge < -0.3 is 14.5 Å². The number of hydrogen-bond donors (Lipinski definition) is 1. The molecule has 3 rings (SSSR count). The van der Waals surface area contributed by atoms with E-state index in [0.717, 1.165) is 17.3 Å². The number of rotatable bonds is 6. The van der Waals surface area contributed by atoms with E-state index >= 15 is 0 Å². The van der Waals surface area contributed by atoms with Crippen LogP contribution in [0.25, 0.3) is 10.9 Å². The van der Waals surface area contributed by atoms with Gasteiger partial charge >= 0.3 is 0 Å². The number of fused-ring (bicyclic) bond motifs is 1. The molecule has 4 nitrogen and oxygen atoms in total. The Bertz CT molecular complexity index is 891. The Hall–Kier alpha value is -2.88. The monoisotopic (exact) mass is 321 g/mol. The van der Waals surface area contributed by atoms with Gasteiger partial charge in [0.1, 0.15) is 11.5 Å². The zero-order chi connectivity index (χ0) is 17.1. The molecule has 24 heavy (non-hydrogen) atoms. The molecule has 0 bridgehead atoms. The van der Waals surface area contributed by atoms with Crippen LogP contribution < -0.4 is 0 Å². The summed E-state index contributed by atoms with van der Waals surface area (Å²) in [4.78, 5) is 24.0. The molecule has 2 aromatic carbocycles. The van der Waals surface area contributed by atoms with Gasteiger partial charge in [0.2, 0.25) is 0 Å². The third-order valence-corrected chi connectivity index (χ3v) is 4.09. The number of nitrogens with zero attached hydrogens (tertiary/aromatic N) is 1. The molecule has 0 radical (unpaired) electrons. The molecule has 0 saturated carbocycles. The SMILES string of the molecule is CC(=O)CCCn1cc(C(=O)c2ccc(O)cc2)c2ccccc21. The molecule has 4 heteroatoms. The van der Waals surface area contributed by atoms with E-state index in [1.165, 1.54) is 12.1 Å². The number of benzene rings is 2. The highest BCUT2D eigenvalue weighted by Crippen LogP contribution is 2.25. The Balaban J connectivity index is 1.97. The lowest BCUT2D eigenvalue weighted by Crippen LogP contribution is -2.01. The normalized spacial score (nSPS) is 10.9. The van der Waals surface area contributed by atoms with Gasteiger partial charge in [0.15, 0.2) is 5.78 Å². The van der Waals surface area contributed by atoms with Crippen molar-refractivity contribution in [3.63, 3.8) is 0 Å². The molecule has 1 aromatic heterocycles. The summed E-state index contributed by atoms with van der Waals surface area (Å²) in [5.41, 5.74) is 2.17. The highest BCUT2D eigenvalue weighted by atomic mass is 16.3. The fourth-order valence-electron chi connectivity index (χ4n) is 2.88. The second-order valence-corrected chi connectivity index (χ2v) is 5.93. The maximum absolute atomic E-state index is 12.8. The predicted molar refractivity (Wildman–Crippen MR) is 93.4 cm³/mol. The molecular weight excluding hydrogens is 302 g/mol. The van der Waals surface area contributed by atoms with Crippen LogP contribution in [-0.4, -0.2) is 21.2 Å². The molecule has 0 aliphatic rings. The van der Waals surface area contributed by atoms with Crippen LogP contribution >= 0.6 is 0 Å². The van der Waals surface area contributed by atoms with E-state index in [0.29, 0.717) is 24.1 Å². The van der Waals surface area contributed by atoms with Gasteiger partial charge in [-0.2, -0.15) is 0 Å². The Morgan fingerprint density at radius 1 is 1.04 bits per heavy atom. The zero-order valence-electron chi connectivity index (χ0n) is 13.5. The predicted octanol–water partition coefficient (Wildman–Crippen LogP) is 3.95. The maximum Gasteiger partial charge on any atom is 0.195 e. The third-order valence-electron chi connectivity index (χ3n) is 4.09. The van der Waals surface area contributed by atoms with Gasteiger partial charge in [0.25, 0.3) is 0 Å². The molecule has 0 aliphatic heterocycles. The summed E-state index contributed by atoms with van der Waals surface area (Å²) in [7, 11) is 0. The van der Waals surface area contributed by atoms with E-state index < -0.39 is 0 Å². The van der Waals surface area contributed by atoms with Crippen LogP contribution in [0.1, 0.15) is 35.7 Å². The van der Waals surface area contributed by atoms with Crippen LogP contribution in [-0.2, 0) is 11.3 Å². The Morgan fingerprint density at radius 3 is 2.46 bits per heavy atom. The zero-order valence-corrected chi connectivity index (χ0v) is 13.5. The summed E-state index contributed by atoms with van der Waals surface area (Å²) in [6.45, 7) is 2.29. The molecule has 0 aliphatic carbocycles.